The summed E-state index contributed by atoms with van der Waals surface area (Å²) in [4.78, 5) is 34.9. The van der Waals surface area contributed by atoms with Crippen LogP contribution in [0.3, 0.4) is 0 Å². The number of para-hydroxylation sites is 1. The summed E-state index contributed by atoms with van der Waals surface area (Å²) in [5.41, 5.74) is 2.74. The lowest BCUT2D eigenvalue weighted by Crippen LogP contribution is -2.29. The van der Waals surface area contributed by atoms with Crippen molar-refractivity contribution in [3.63, 3.8) is 0 Å². The van der Waals surface area contributed by atoms with Gasteiger partial charge in [-0.1, -0.05) is 35.6 Å². The molecule has 4 aromatic rings. The molecule has 2 aliphatic heterocycles. The standard InChI is InChI=1S/C28H23N3O5S/c1-30(2)18-10-7-16(8-11-18)24-23(25(32)17-9-12-20-21(15-17)36-14-13-35-20)26(33)27(34)31(24)28-29-19-5-3-4-6-22(19)37-28/h3-12,15,24,32H,13-14H2,1-2H3/b25-23+. The molecule has 1 N–H and O–H groups in total. The SMILES string of the molecule is CN(C)c1ccc(C2/C(=C(\O)c3ccc4c(c3)OCCO4)C(=O)C(=O)N2c2nc3ccccc3s2)cc1. The lowest BCUT2D eigenvalue weighted by atomic mass is 9.95. The van der Waals surface area contributed by atoms with Crippen molar-refractivity contribution in [3.8, 4) is 11.5 Å². The summed E-state index contributed by atoms with van der Waals surface area (Å²) in [5, 5.41) is 11.8. The summed E-state index contributed by atoms with van der Waals surface area (Å²) in [5.74, 6) is -0.745. The predicted molar refractivity (Wildman–Crippen MR) is 143 cm³/mol. The van der Waals surface area contributed by atoms with Gasteiger partial charge in [-0.15, -0.1) is 0 Å². The van der Waals surface area contributed by atoms with Crippen LogP contribution in [0.25, 0.3) is 16.0 Å². The molecule has 1 aromatic heterocycles. The van der Waals surface area contributed by atoms with E-state index in [0.717, 1.165) is 15.9 Å². The summed E-state index contributed by atoms with van der Waals surface area (Å²) in [6, 6.07) is 19.2. The number of nitrogens with zero attached hydrogens (tertiary/aromatic N) is 3. The van der Waals surface area contributed by atoms with Crippen molar-refractivity contribution < 1.29 is 24.2 Å². The van der Waals surface area contributed by atoms with Crippen molar-refractivity contribution in [3.05, 3.63) is 83.4 Å². The molecule has 0 saturated carbocycles. The highest BCUT2D eigenvalue weighted by atomic mass is 32.1. The van der Waals surface area contributed by atoms with E-state index < -0.39 is 17.7 Å². The number of hydrogen-bond acceptors (Lipinski definition) is 8. The second-order valence-electron chi connectivity index (χ2n) is 8.98. The van der Waals surface area contributed by atoms with Gasteiger partial charge < -0.3 is 19.5 Å². The van der Waals surface area contributed by atoms with E-state index in [1.165, 1.54) is 16.2 Å². The van der Waals surface area contributed by atoms with Crippen molar-refractivity contribution in [2.45, 2.75) is 6.04 Å². The third-order valence-corrected chi connectivity index (χ3v) is 7.51. The fourth-order valence-corrected chi connectivity index (χ4v) is 5.60. The predicted octanol–water partition coefficient (Wildman–Crippen LogP) is 4.76. The molecule has 8 nitrogen and oxygen atoms in total. The number of aliphatic hydroxyl groups is 1. The highest BCUT2D eigenvalue weighted by molar-refractivity contribution is 7.22. The Bertz CT molecular complexity index is 1540. The van der Waals surface area contributed by atoms with Crippen LogP contribution >= 0.6 is 11.3 Å². The molecule has 9 heteroatoms. The number of thiazole rings is 1. The third-order valence-electron chi connectivity index (χ3n) is 6.47. The Kier molecular flexibility index (Phi) is 5.57. The van der Waals surface area contributed by atoms with E-state index in [0.29, 0.717) is 41.0 Å². The molecule has 0 aliphatic carbocycles. The van der Waals surface area contributed by atoms with Crippen LogP contribution in [0.15, 0.2) is 72.3 Å². The fraction of sp³-hybridized carbons (Fsp3) is 0.179. The molecule has 0 radical (unpaired) electrons. The molecule has 1 saturated heterocycles. The second kappa shape index (κ2) is 8.94. The third kappa shape index (κ3) is 3.88. The van der Waals surface area contributed by atoms with Crippen molar-refractivity contribution in [2.75, 3.05) is 37.1 Å². The number of Topliss-reactive ketones (excluding diaryl/α,β-unsaturated/α-hetero) is 1. The van der Waals surface area contributed by atoms with Gasteiger partial charge in [-0.05, 0) is 48.0 Å². The molecule has 3 aromatic carbocycles. The highest BCUT2D eigenvalue weighted by Gasteiger charge is 2.48. The van der Waals surface area contributed by atoms with E-state index in [9.17, 15) is 14.7 Å². The van der Waals surface area contributed by atoms with Crippen molar-refractivity contribution in [1.82, 2.24) is 4.98 Å². The molecule has 1 amide bonds. The van der Waals surface area contributed by atoms with Gasteiger partial charge in [-0.25, -0.2) is 4.98 Å². The summed E-state index contributed by atoms with van der Waals surface area (Å²) in [6.07, 6.45) is 0. The first-order valence-electron chi connectivity index (χ1n) is 11.8. The minimum atomic E-state index is -0.857. The van der Waals surface area contributed by atoms with E-state index in [4.69, 9.17) is 9.47 Å². The van der Waals surface area contributed by atoms with E-state index in [1.807, 2.05) is 67.5 Å². The van der Waals surface area contributed by atoms with Crippen molar-refractivity contribution in [2.24, 2.45) is 0 Å². The zero-order chi connectivity index (χ0) is 25.7. The molecule has 1 fully saturated rings. The molecule has 1 atom stereocenters. The molecule has 186 valence electrons. The van der Waals surface area contributed by atoms with E-state index >= 15 is 0 Å². The van der Waals surface area contributed by atoms with Crippen LogP contribution in [-0.4, -0.2) is 49.1 Å². The maximum absolute atomic E-state index is 13.5. The van der Waals surface area contributed by atoms with Crippen LogP contribution in [0.4, 0.5) is 10.8 Å². The number of hydrogen-bond donors (Lipinski definition) is 1. The number of aromatic nitrogens is 1. The minimum absolute atomic E-state index is 0.00135. The van der Waals surface area contributed by atoms with Gasteiger partial charge in [0.05, 0.1) is 21.8 Å². The normalized spacial score (nSPS) is 18.4. The van der Waals surface area contributed by atoms with Crippen molar-refractivity contribution >= 4 is 49.8 Å². The Morgan fingerprint density at radius 1 is 1.00 bits per heavy atom. The number of fused-ring (bicyclic) bond motifs is 2. The average molecular weight is 514 g/mol. The summed E-state index contributed by atoms with van der Waals surface area (Å²) in [7, 11) is 3.87. The smallest absolute Gasteiger partial charge is 0.301 e. The lowest BCUT2D eigenvalue weighted by molar-refractivity contribution is -0.132. The number of aliphatic hydroxyl groups excluding tert-OH is 1. The first-order chi connectivity index (χ1) is 17.9. The first-order valence-corrected chi connectivity index (χ1v) is 12.6. The maximum atomic E-state index is 13.5. The first kappa shape index (κ1) is 23.1. The van der Waals surface area contributed by atoms with Crippen LogP contribution in [0.5, 0.6) is 11.5 Å². The fourth-order valence-electron chi connectivity index (χ4n) is 4.61. The van der Waals surface area contributed by atoms with Crippen LogP contribution in [0, 0.1) is 0 Å². The number of rotatable bonds is 4. The number of ether oxygens (including phenoxy) is 2. The van der Waals surface area contributed by atoms with Crippen LogP contribution < -0.4 is 19.3 Å². The lowest BCUT2D eigenvalue weighted by Gasteiger charge is -2.24. The quantitative estimate of drug-likeness (QED) is 0.239. The highest BCUT2D eigenvalue weighted by Crippen LogP contribution is 2.45. The van der Waals surface area contributed by atoms with Crippen LogP contribution in [0.2, 0.25) is 0 Å². The van der Waals surface area contributed by atoms with Crippen LogP contribution in [-0.2, 0) is 9.59 Å². The monoisotopic (exact) mass is 513 g/mol. The molecule has 3 heterocycles. The van der Waals surface area contributed by atoms with Gasteiger partial charge in [0.25, 0.3) is 5.78 Å². The molecule has 0 bridgehead atoms. The number of anilines is 2. The number of ketones is 1. The van der Waals surface area contributed by atoms with E-state index in [1.54, 1.807) is 18.2 Å². The number of carbonyl (C=O) groups excluding carboxylic acids is 2. The minimum Gasteiger partial charge on any atom is -0.507 e. The van der Waals surface area contributed by atoms with Gasteiger partial charge in [0.1, 0.15) is 19.0 Å². The van der Waals surface area contributed by atoms with Gasteiger partial charge in [0.15, 0.2) is 16.6 Å². The zero-order valence-corrected chi connectivity index (χ0v) is 21.0. The zero-order valence-electron chi connectivity index (χ0n) is 20.2. The van der Waals surface area contributed by atoms with E-state index in [2.05, 4.69) is 4.98 Å². The molecule has 37 heavy (non-hydrogen) atoms. The van der Waals surface area contributed by atoms with Gasteiger partial charge >= 0.3 is 5.91 Å². The number of carbonyl (C=O) groups is 2. The van der Waals surface area contributed by atoms with Gasteiger partial charge in [-0.2, -0.15) is 0 Å². The summed E-state index contributed by atoms with van der Waals surface area (Å²) in [6.45, 7) is 0.825. The second-order valence-corrected chi connectivity index (χ2v) is 9.99. The van der Waals surface area contributed by atoms with Gasteiger partial charge in [0.2, 0.25) is 0 Å². The average Bonchev–Trinajstić information content (AvgIpc) is 3.46. The molecule has 2 aliphatic rings. The summed E-state index contributed by atoms with van der Waals surface area (Å²) >= 11 is 1.33. The number of amides is 1. The van der Waals surface area contributed by atoms with Gasteiger partial charge in [0, 0.05) is 25.3 Å². The molecule has 6 rings (SSSR count). The topological polar surface area (TPSA) is 92.2 Å². The Morgan fingerprint density at radius 3 is 2.46 bits per heavy atom. The Balaban J connectivity index is 1.53. The maximum Gasteiger partial charge on any atom is 0.301 e. The van der Waals surface area contributed by atoms with Crippen LogP contribution in [0.1, 0.15) is 17.2 Å². The molecular weight excluding hydrogens is 490 g/mol. The Labute approximate surface area is 217 Å². The molecule has 0 spiro atoms. The molecule has 1 unspecified atom stereocenters. The largest absolute Gasteiger partial charge is 0.507 e. The molecular formula is C28H23N3O5S. The Morgan fingerprint density at radius 2 is 1.73 bits per heavy atom. The van der Waals surface area contributed by atoms with E-state index in [-0.39, 0.29) is 11.3 Å². The number of benzene rings is 3. The summed E-state index contributed by atoms with van der Waals surface area (Å²) < 4.78 is 12.1. The Hall–Kier alpha value is -4.37. The van der Waals surface area contributed by atoms with Gasteiger partial charge in [-0.3, -0.25) is 14.5 Å². The van der Waals surface area contributed by atoms with Crippen molar-refractivity contribution in [1.29, 1.82) is 0 Å².